The van der Waals surface area contributed by atoms with Crippen molar-refractivity contribution in [3.8, 4) is 5.75 Å². The van der Waals surface area contributed by atoms with Crippen LogP contribution in [0, 0.1) is 6.92 Å². The molecule has 94 valence electrons. The summed E-state index contributed by atoms with van der Waals surface area (Å²) in [7, 11) is 0. The second kappa shape index (κ2) is 5.11. The van der Waals surface area contributed by atoms with Crippen LogP contribution >= 0.6 is 0 Å². The first-order valence-corrected chi connectivity index (χ1v) is 6.34. The van der Waals surface area contributed by atoms with Gasteiger partial charge in [-0.2, -0.15) is 0 Å². The predicted molar refractivity (Wildman–Crippen MR) is 79.2 cm³/mol. The van der Waals surface area contributed by atoms with E-state index in [-0.39, 0.29) is 0 Å². The number of fused-ring (bicyclic) bond motifs is 1. The first-order chi connectivity index (χ1) is 9.31. The normalized spacial score (nSPS) is 13.8. The Balaban J connectivity index is 1.81. The molecule has 0 N–H and O–H groups in total. The second-order valence-corrected chi connectivity index (χ2v) is 4.64. The van der Waals surface area contributed by atoms with E-state index in [1.807, 2.05) is 42.6 Å². The van der Waals surface area contributed by atoms with Crippen molar-refractivity contribution in [2.75, 3.05) is 6.61 Å². The molecule has 2 nitrogen and oxygen atoms in total. The van der Waals surface area contributed by atoms with Crippen molar-refractivity contribution in [2.24, 2.45) is 4.99 Å². The molecule has 0 unspecified atom stereocenters. The third-order valence-corrected chi connectivity index (χ3v) is 3.07. The molecule has 0 spiro atoms. The lowest BCUT2D eigenvalue weighted by atomic mass is 10.1. The summed E-state index contributed by atoms with van der Waals surface area (Å²) in [6.45, 7) is 2.65. The standard InChI is InChI=1S/C17H15NO/c1-13-6-8-16(9-7-13)18-11-14-10-15-4-2-3-5-17(15)19-12-14/h2-11H,12H2,1H3. The Morgan fingerprint density at radius 2 is 1.84 bits per heavy atom. The Morgan fingerprint density at radius 3 is 2.68 bits per heavy atom. The van der Waals surface area contributed by atoms with Gasteiger partial charge in [0.05, 0.1) is 5.69 Å². The van der Waals surface area contributed by atoms with Crippen LogP contribution < -0.4 is 4.74 Å². The van der Waals surface area contributed by atoms with E-state index in [0.29, 0.717) is 6.61 Å². The van der Waals surface area contributed by atoms with Crippen LogP contribution in [0.5, 0.6) is 5.75 Å². The first kappa shape index (κ1) is 11.7. The number of aryl methyl sites for hydroxylation is 1. The molecule has 2 aromatic rings. The first-order valence-electron chi connectivity index (χ1n) is 6.34. The van der Waals surface area contributed by atoms with Gasteiger partial charge in [0.2, 0.25) is 0 Å². The van der Waals surface area contributed by atoms with E-state index in [4.69, 9.17) is 4.74 Å². The Morgan fingerprint density at radius 1 is 1.05 bits per heavy atom. The van der Waals surface area contributed by atoms with E-state index >= 15 is 0 Å². The summed E-state index contributed by atoms with van der Waals surface area (Å²) in [6, 6.07) is 16.2. The minimum absolute atomic E-state index is 0.576. The van der Waals surface area contributed by atoms with Gasteiger partial charge in [0.25, 0.3) is 0 Å². The quantitative estimate of drug-likeness (QED) is 0.732. The highest BCUT2D eigenvalue weighted by atomic mass is 16.5. The van der Waals surface area contributed by atoms with Gasteiger partial charge in [0, 0.05) is 17.4 Å². The Bertz CT molecular complexity index is 639. The van der Waals surface area contributed by atoms with Crippen molar-refractivity contribution in [1.29, 1.82) is 0 Å². The average molecular weight is 249 g/mol. The fourth-order valence-corrected chi connectivity index (χ4v) is 2.00. The lowest BCUT2D eigenvalue weighted by Gasteiger charge is -2.15. The van der Waals surface area contributed by atoms with Gasteiger partial charge < -0.3 is 4.74 Å². The van der Waals surface area contributed by atoms with Crippen molar-refractivity contribution < 1.29 is 4.74 Å². The number of benzene rings is 2. The molecule has 1 heterocycles. The molecule has 0 bridgehead atoms. The fraction of sp³-hybridized carbons (Fsp3) is 0.118. The van der Waals surface area contributed by atoms with Crippen LogP contribution in [-0.2, 0) is 0 Å². The molecule has 19 heavy (non-hydrogen) atoms. The van der Waals surface area contributed by atoms with Crippen molar-refractivity contribution in [3.05, 3.63) is 65.2 Å². The van der Waals surface area contributed by atoms with E-state index in [1.54, 1.807) is 0 Å². The number of hydrogen-bond donors (Lipinski definition) is 0. The molecule has 0 fully saturated rings. The van der Waals surface area contributed by atoms with Crippen LogP contribution in [0.15, 0.2) is 59.1 Å². The molecular weight excluding hydrogens is 234 g/mol. The van der Waals surface area contributed by atoms with Crippen molar-refractivity contribution in [3.63, 3.8) is 0 Å². The molecule has 0 radical (unpaired) electrons. The topological polar surface area (TPSA) is 21.6 Å². The molecule has 0 saturated carbocycles. The lowest BCUT2D eigenvalue weighted by molar-refractivity contribution is 0.353. The SMILES string of the molecule is Cc1ccc(N=CC2=Cc3ccccc3OC2)cc1. The van der Waals surface area contributed by atoms with E-state index in [2.05, 4.69) is 30.1 Å². The molecule has 0 saturated heterocycles. The number of nitrogens with zero attached hydrogens (tertiary/aromatic N) is 1. The minimum Gasteiger partial charge on any atom is -0.488 e. The van der Waals surface area contributed by atoms with Gasteiger partial charge in [-0.25, -0.2) is 0 Å². The molecule has 1 aliphatic rings. The third-order valence-electron chi connectivity index (χ3n) is 3.07. The maximum atomic E-state index is 5.68. The molecule has 0 aromatic heterocycles. The molecule has 0 amide bonds. The van der Waals surface area contributed by atoms with Crippen LogP contribution in [0.4, 0.5) is 5.69 Å². The van der Waals surface area contributed by atoms with Gasteiger partial charge in [-0.3, -0.25) is 4.99 Å². The van der Waals surface area contributed by atoms with Crippen molar-refractivity contribution in [1.82, 2.24) is 0 Å². The Labute approximate surface area is 113 Å². The van der Waals surface area contributed by atoms with Crippen LogP contribution in [0.25, 0.3) is 6.08 Å². The molecule has 0 atom stereocenters. The maximum absolute atomic E-state index is 5.68. The largest absolute Gasteiger partial charge is 0.488 e. The summed E-state index contributed by atoms with van der Waals surface area (Å²) in [4.78, 5) is 4.47. The third kappa shape index (κ3) is 2.74. The lowest BCUT2D eigenvalue weighted by Crippen LogP contribution is -2.07. The summed E-state index contributed by atoms with van der Waals surface area (Å²) >= 11 is 0. The highest BCUT2D eigenvalue weighted by Crippen LogP contribution is 2.25. The predicted octanol–water partition coefficient (Wildman–Crippen LogP) is 4.17. The smallest absolute Gasteiger partial charge is 0.127 e. The van der Waals surface area contributed by atoms with E-state index in [9.17, 15) is 0 Å². The molecule has 2 aromatic carbocycles. The second-order valence-electron chi connectivity index (χ2n) is 4.64. The van der Waals surface area contributed by atoms with Crippen molar-refractivity contribution in [2.45, 2.75) is 6.92 Å². The van der Waals surface area contributed by atoms with E-state index in [0.717, 1.165) is 22.6 Å². The minimum atomic E-state index is 0.576. The van der Waals surface area contributed by atoms with Gasteiger partial charge >= 0.3 is 0 Å². The zero-order valence-corrected chi connectivity index (χ0v) is 10.8. The number of para-hydroxylation sites is 1. The van der Waals surface area contributed by atoms with Gasteiger partial charge in [0.1, 0.15) is 12.4 Å². The van der Waals surface area contributed by atoms with Crippen LogP contribution in [-0.4, -0.2) is 12.8 Å². The van der Waals surface area contributed by atoms with E-state index in [1.165, 1.54) is 5.56 Å². The fourth-order valence-electron chi connectivity index (χ4n) is 2.00. The molecule has 2 heteroatoms. The molecule has 3 rings (SSSR count). The zero-order valence-electron chi connectivity index (χ0n) is 10.8. The number of ether oxygens (including phenoxy) is 1. The molecule has 0 aliphatic carbocycles. The summed E-state index contributed by atoms with van der Waals surface area (Å²) in [6.07, 6.45) is 4.00. The Hall–Kier alpha value is -2.35. The summed E-state index contributed by atoms with van der Waals surface area (Å²) in [5.74, 6) is 0.940. The number of hydrogen-bond acceptors (Lipinski definition) is 2. The Kier molecular flexibility index (Phi) is 3.15. The van der Waals surface area contributed by atoms with Gasteiger partial charge in [-0.1, -0.05) is 35.9 Å². The highest BCUT2D eigenvalue weighted by Gasteiger charge is 2.08. The van der Waals surface area contributed by atoms with Gasteiger partial charge in [-0.05, 0) is 31.2 Å². The van der Waals surface area contributed by atoms with Crippen molar-refractivity contribution >= 4 is 18.0 Å². The molecule has 1 aliphatic heterocycles. The average Bonchev–Trinajstić information content (AvgIpc) is 2.46. The highest BCUT2D eigenvalue weighted by molar-refractivity contribution is 5.89. The zero-order chi connectivity index (χ0) is 13.1. The summed E-state index contributed by atoms with van der Waals surface area (Å²) < 4.78 is 5.68. The number of rotatable bonds is 2. The van der Waals surface area contributed by atoms with Gasteiger partial charge in [-0.15, -0.1) is 0 Å². The van der Waals surface area contributed by atoms with Crippen LogP contribution in [0.2, 0.25) is 0 Å². The number of aliphatic imine (C=N–C) groups is 1. The van der Waals surface area contributed by atoms with Crippen LogP contribution in [0.1, 0.15) is 11.1 Å². The van der Waals surface area contributed by atoms with Gasteiger partial charge in [0.15, 0.2) is 0 Å². The monoisotopic (exact) mass is 249 g/mol. The van der Waals surface area contributed by atoms with Crippen LogP contribution in [0.3, 0.4) is 0 Å². The maximum Gasteiger partial charge on any atom is 0.127 e. The summed E-state index contributed by atoms with van der Waals surface area (Å²) in [5, 5.41) is 0. The molecular formula is C17H15NO. The summed E-state index contributed by atoms with van der Waals surface area (Å²) in [5.41, 5.74) is 4.40. The van der Waals surface area contributed by atoms with E-state index < -0.39 is 0 Å².